The number of hydrogen-bond acceptors (Lipinski definition) is 4. The zero-order valence-electron chi connectivity index (χ0n) is 12.3. The summed E-state index contributed by atoms with van der Waals surface area (Å²) in [4.78, 5) is 33.4. The molecule has 5 N–H and O–H groups in total. The van der Waals surface area contributed by atoms with Gasteiger partial charge >= 0.3 is 12.0 Å². The minimum absolute atomic E-state index is 0.219. The predicted octanol–water partition coefficient (Wildman–Crippen LogP) is -0.181. The van der Waals surface area contributed by atoms with Gasteiger partial charge in [-0.2, -0.15) is 0 Å². The van der Waals surface area contributed by atoms with Crippen LogP contribution in [0, 0.1) is 5.41 Å². The average molecular weight is 301 g/mol. The number of amides is 3. The largest absolute Gasteiger partial charge is 0.481 e. The van der Waals surface area contributed by atoms with E-state index in [1.54, 1.807) is 13.8 Å². The van der Waals surface area contributed by atoms with Gasteiger partial charge in [0.1, 0.15) is 6.10 Å². The highest BCUT2D eigenvalue weighted by molar-refractivity contribution is 5.79. The maximum atomic E-state index is 11.6. The van der Waals surface area contributed by atoms with Gasteiger partial charge in [-0.1, -0.05) is 0 Å². The SMILES string of the molecule is CC(C)(CCNC(=O)NCC1CCC(C(N)=O)O1)C(=O)O. The Morgan fingerprint density at radius 1 is 1.29 bits per heavy atom. The number of primary amides is 1. The van der Waals surface area contributed by atoms with Gasteiger partial charge in [-0.05, 0) is 33.1 Å². The van der Waals surface area contributed by atoms with Crippen LogP contribution in [0.25, 0.3) is 0 Å². The summed E-state index contributed by atoms with van der Waals surface area (Å²) < 4.78 is 5.37. The molecule has 0 spiro atoms. The molecule has 1 fully saturated rings. The van der Waals surface area contributed by atoms with Crippen LogP contribution in [0.15, 0.2) is 0 Å². The maximum Gasteiger partial charge on any atom is 0.314 e. The fourth-order valence-electron chi connectivity index (χ4n) is 1.93. The molecule has 2 atom stereocenters. The van der Waals surface area contributed by atoms with Crippen LogP contribution in [0.4, 0.5) is 4.79 Å². The number of carboxylic acids is 1. The van der Waals surface area contributed by atoms with Crippen LogP contribution in [0.1, 0.15) is 33.1 Å². The normalized spacial score (nSPS) is 21.8. The van der Waals surface area contributed by atoms with Crippen LogP contribution in [-0.2, 0) is 14.3 Å². The van der Waals surface area contributed by atoms with E-state index in [2.05, 4.69) is 10.6 Å². The van der Waals surface area contributed by atoms with Crippen molar-refractivity contribution >= 4 is 17.9 Å². The standard InChI is InChI=1S/C13H23N3O5/c1-13(2,11(18)19)5-6-15-12(20)16-7-8-3-4-9(21-8)10(14)17/h8-9H,3-7H2,1-2H3,(H2,14,17)(H,18,19)(H2,15,16,20). The molecule has 21 heavy (non-hydrogen) atoms. The first-order valence-electron chi connectivity index (χ1n) is 6.92. The molecule has 0 aromatic rings. The summed E-state index contributed by atoms with van der Waals surface area (Å²) in [6, 6.07) is -0.387. The van der Waals surface area contributed by atoms with Crippen LogP contribution < -0.4 is 16.4 Å². The van der Waals surface area contributed by atoms with E-state index in [0.717, 1.165) is 0 Å². The highest BCUT2D eigenvalue weighted by Crippen LogP contribution is 2.19. The number of urea groups is 1. The summed E-state index contributed by atoms with van der Waals surface area (Å²) in [7, 11) is 0. The molecule has 1 heterocycles. The lowest BCUT2D eigenvalue weighted by atomic mass is 9.90. The fourth-order valence-corrected chi connectivity index (χ4v) is 1.93. The second kappa shape index (κ2) is 7.26. The van der Waals surface area contributed by atoms with Crippen molar-refractivity contribution in [2.75, 3.05) is 13.1 Å². The second-order valence-electron chi connectivity index (χ2n) is 5.80. The van der Waals surface area contributed by atoms with Crippen LogP contribution in [0.5, 0.6) is 0 Å². The molecule has 0 radical (unpaired) electrons. The molecule has 1 rings (SSSR count). The summed E-state index contributed by atoms with van der Waals surface area (Å²) in [5.41, 5.74) is 4.26. The Balaban J connectivity index is 2.18. The summed E-state index contributed by atoms with van der Waals surface area (Å²) in [6.07, 6.45) is 0.773. The molecule has 1 aliphatic heterocycles. The van der Waals surface area contributed by atoms with Gasteiger partial charge in [0, 0.05) is 13.1 Å². The summed E-state index contributed by atoms with van der Waals surface area (Å²) >= 11 is 0. The Hall–Kier alpha value is -1.83. The molecule has 1 aliphatic rings. The fraction of sp³-hybridized carbons (Fsp3) is 0.769. The average Bonchev–Trinajstić information content (AvgIpc) is 2.85. The molecular weight excluding hydrogens is 278 g/mol. The Labute approximate surface area is 123 Å². The van der Waals surface area contributed by atoms with Gasteiger partial charge < -0.3 is 26.2 Å². The minimum Gasteiger partial charge on any atom is -0.481 e. The van der Waals surface area contributed by atoms with Gasteiger partial charge in [-0.3, -0.25) is 9.59 Å². The van der Waals surface area contributed by atoms with Crippen LogP contribution in [0.3, 0.4) is 0 Å². The first-order chi connectivity index (χ1) is 9.72. The molecular formula is C13H23N3O5. The Bertz CT molecular complexity index is 411. The van der Waals surface area contributed by atoms with E-state index >= 15 is 0 Å². The zero-order chi connectivity index (χ0) is 16.0. The molecule has 0 aliphatic carbocycles. The van der Waals surface area contributed by atoms with E-state index in [9.17, 15) is 14.4 Å². The molecule has 0 aromatic heterocycles. The van der Waals surface area contributed by atoms with Gasteiger partial charge in [0.05, 0.1) is 11.5 Å². The van der Waals surface area contributed by atoms with Gasteiger partial charge in [0.25, 0.3) is 0 Å². The van der Waals surface area contributed by atoms with Crippen molar-refractivity contribution in [3.05, 3.63) is 0 Å². The van der Waals surface area contributed by atoms with Gasteiger partial charge in [-0.15, -0.1) is 0 Å². The van der Waals surface area contributed by atoms with Crippen LogP contribution >= 0.6 is 0 Å². The van der Waals surface area contributed by atoms with Crippen molar-refractivity contribution in [1.82, 2.24) is 10.6 Å². The third-order valence-corrected chi connectivity index (χ3v) is 3.53. The summed E-state index contributed by atoms with van der Waals surface area (Å²) in [5.74, 6) is -1.39. The highest BCUT2D eigenvalue weighted by atomic mass is 16.5. The highest BCUT2D eigenvalue weighted by Gasteiger charge is 2.29. The number of carboxylic acid groups (broad SMARTS) is 1. The molecule has 1 saturated heterocycles. The topological polar surface area (TPSA) is 131 Å². The van der Waals surface area contributed by atoms with Crippen molar-refractivity contribution < 1.29 is 24.2 Å². The summed E-state index contributed by atoms with van der Waals surface area (Å²) in [5, 5.41) is 14.2. The van der Waals surface area contributed by atoms with Crippen LogP contribution in [0.2, 0.25) is 0 Å². The lowest BCUT2D eigenvalue weighted by molar-refractivity contribution is -0.147. The minimum atomic E-state index is -0.901. The van der Waals surface area contributed by atoms with E-state index in [1.165, 1.54) is 0 Å². The number of hydrogen-bond donors (Lipinski definition) is 4. The lowest BCUT2D eigenvalue weighted by Gasteiger charge is -2.19. The first kappa shape index (κ1) is 17.2. The smallest absolute Gasteiger partial charge is 0.314 e. The second-order valence-corrected chi connectivity index (χ2v) is 5.80. The van der Waals surface area contributed by atoms with E-state index in [-0.39, 0.29) is 25.2 Å². The number of rotatable bonds is 7. The van der Waals surface area contributed by atoms with Crippen molar-refractivity contribution in [2.45, 2.75) is 45.3 Å². The number of nitrogens with two attached hydrogens (primary N) is 1. The lowest BCUT2D eigenvalue weighted by Crippen LogP contribution is -2.41. The molecule has 3 amide bonds. The molecule has 0 bridgehead atoms. The third-order valence-electron chi connectivity index (χ3n) is 3.53. The Morgan fingerprint density at radius 3 is 2.48 bits per heavy atom. The van der Waals surface area contributed by atoms with Crippen molar-refractivity contribution in [3.63, 3.8) is 0 Å². The van der Waals surface area contributed by atoms with Gasteiger partial charge in [-0.25, -0.2) is 4.79 Å². The predicted molar refractivity (Wildman–Crippen MR) is 74.5 cm³/mol. The quantitative estimate of drug-likeness (QED) is 0.518. The molecule has 2 unspecified atom stereocenters. The number of ether oxygens (including phenoxy) is 1. The Kier molecular flexibility index (Phi) is 5.95. The molecule has 8 nitrogen and oxygen atoms in total. The number of carbonyl (C=O) groups excluding carboxylic acids is 2. The van der Waals surface area contributed by atoms with Gasteiger partial charge in [0.15, 0.2) is 0 Å². The molecule has 120 valence electrons. The molecule has 0 saturated carbocycles. The number of nitrogens with one attached hydrogen (secondary N) is 2. The van der Waals surface area contributed by atoms with Crippen LogP contribution in [-0.4, -0.2) is 48.3 Å². The zero-order valence-corrected chi connectivity index (χ0v) is 12.3. The first-order valence-corrected chi connectivity index (χ1v) is 6.92. The van der Waals surface area contributed by atoms with Crippen molar-refractivity contribution in [2.24, 2.45) is 11.1 Å². The van der Waals surface area contributed by atoms with E-state index < -0.39 is 23.4 Å². The number of carbonyl (C=O) groups is 3. The molecule has 8 heteroatoms. The Morgan fingerprint density at radius 2 is 1.95 bits per heavy atom. The van der Waals surface area contributed by atoms with E-state index in [1.807, 2.05) is 0 Å². The van der Waals surface area contributed by atoms with Crippen molar-refractivity contribution in [1.29, 1.82) is 0 Å². The van der Waals surface area contributed by atoms with E-state index in [4.69, 9.17) is 15.6 Å². The summed E-state index contributed by atoms with van der Waals surface area (Å²) in [6.45, 7) is 3.76. The third kappa shape index (κ3) is 5.58. The van der Waals surface area contributed by atoms with Crippen molar-refractivity contribution in [3.8, 4) is 0 Å². The monoisotopic (exact) mass is 301 g/mol. The molecule has 0 aromatic carbocycles. The van der Waals surface area contributed by atoms with E-state index in [0.29, 0.717) is 19.3 Å². The van der Waals surface area contributed by atoms with Gasteiger partial charge in [0.2, 0.25) is 5.91 Å². The maximum absolute atomic E-state index is 11.6. The number of aliphatic carboxylic acids is 1.